The molecule has 2 aromatic rings. The third-order valence-electron chi connectivity index (χ3n) is 4.77. The number of pyridine rings is 1. The Morgan fingerprint density at radius 2 is 2.05 bits per heavy atom. The van der Waals surface area contributed by atoms with E-state index in [1.807, 2.05) is 12.3 Å². The van der Waals surface area contributed by atoms with Crippen LogP contribution in [-0.4, -0.2) is 28.9 Å². The minimum absolute atomic E-state index is 0.352. The summed E-state index contributed by atoms with van der Waals surface area (Å²) in [4.78, 5) is 18.6. The fourth-order valence-electron chi connectivity index (χ4n) is 3.43. The van der Waals surface area contributed by atoms with Gasteiger partial charge in [-0.05, 0) is 49.3 Å². The molecule has 1 saturated carbocycles. The lowest BCUT2D eigenvalue weighted by Crippen LogP contribution is -2.30. The van der Waals surface area contributed by atoms with E-state index in [9.17, 15) is 4.79 Å². The standard InChI is InChI=1S/C18H20N2O/c21-18(14-5-6-14)20-10-8-13(12-20)11-15-7-9-19-17-4-2-1-3-16(15)17/h1-4,7,9,13-14H,5-6,8,10-12H2. The molecule has 1 unspecified atom stereocenters. The van der Waals surface area contributed by atoms with Crippen LogP contribution in [0.2, 0.25) is 0 Å². The summed E-state index contributed by atoms with van der Waals surface area (Å²) in [6.45, 7) is 1.88. The van der Waals surface area contributed by atoms with Crippen LogP contribution in [0.3, 0.4) is 0 Å². The van der Waals surface area contributed by atoms with Crippen LogP contribution in [0.15, 0.2) is 36.5 Å². The largest absolute Gasteiger partial charge is 0.342 e. The van der Waals surface area contributed by atoms with E-state index >= 15 is 0 Å². The maximum atomic E-state index is 12.1. The summed E-state index contributed by atoms with van der Waals surface area (Å²) < 4.78 is 0. The molecule has 1 saturated heterocycles. The van der Waals surface area contributed by atoms with Crippen molar-refractivity contribution in [3.8, 4) is 0 Å². The zero-order chi connectivity index (χ0) is 14.2. The number of carbonyl (C=O) groups is 1. The Bertz CT molecular complexity index is 672. The normalized spacial score (nSPS) is 21.9. The average molecular weight is 280 g/mol. The monoisotopic (exact) mass is 280 g/mol. The highest BCUT2D eigenvalue weighted by molar-refractivity contribution is 5.82. The molecule has 1 aliphatic heterocycles. The number of para-hydroxylation sites is 1. The number of nitrogens with zero attached hydrogens (tertiary/aromatic N) is 2. The number of hydrogen-bond donors (Lipinski definition) is 0. The second kappa shape index (κ2) is 5.14. The third kappa shape index (κ3) is 2.53. The molecule has 1 amide bonds. The van der Waals surface area contributed by atoms with Crippen LogP contribution in [0.4, 0.5) is 0 Å². The van der Waals surface area contributed by atoms with Crippen molar-refractivity contribution in [2.75, 3.05) is 13.1 Å². The van der Waals surface area contributed by atoms with Crippen molar-refractivity contribution in [1.29, 1.82) is 0 Å². The lowest BCUT2D eigenvalue weighted by molar-refractivity contribution is -0.131. The minimum atomic E-state index is 0.352. The third-order valence-corrected chi connectivity index (χ3v) is 4.77. The number of rotatable bonds is 3. The Hall–Kier alpha value is -1.90. The van der Waals surface area contributed by atoms with Gasteiger partial charge in [-0.3, -0.25) is 9.78 Å². The van der Waals surface area contributed by atoms with Gasteiger partial charge < -0.3 is 4.90 Å². The molecule has 4 rings (SSSR count). The van der Waals surface area contributed by atoms with Gasteiger partial charge in [0.05, 0.1) is 5.52 Å². The van der Waals surface area contributed by atoms with Crippen LogP contribution < -0.4 is 0 Å². The van der Waals surface area contributed by atoms with E-state index in [1.165, 1.54) is 10.9 Å². The van der Waals surface area contributed by atoms with Crippen LogP contribution >= 0.6 is 0 Å². The summed E-state index contributed by atoms with van der Waals surface area (Å²) in [6, 6.07) is 10.5. The number of fused-ring (bicyclic) bond motifs is 1. The molecule has 108 valence electrons. The molecule has 1 aromatic heterocycles. The van der Waals surface area contributed by atoms with Crippen molar-refractivity contribution in [1.82, 2.24) is 9.88 Å². The lowest BCUT2D eigenvalue weighted by Gasteiger charge is -2.16. The highest BCUT2D eigenvalue weighted by Gasteiger charge is 2.36. The zero-order valence-electron chi connectivity index (χ0n) is 12.2. The van der Waals surface area contributed by atoms with Crippen molar-refractivity contribution in [2.45, 2.75) is 25.7 Å². The van der Waals surface area contributed by atoms with Crippen LogP contribution in [0.1, 0.15) is 24.8 Å². The maximum Gasteiger partial charge on any atom is 0.225 e. The van der Waals surface area contributed by atoms with Crippen molar-refractivity contribution in [3.05, 3.63) is 42.1 Å². The minimum Gasteiger partial charge on any atom is -0.342 e. The van der Waals surface area contributed by atoms with Crippen LogP contribution in [0, 0.1) is 11.8 Å². The van der Waals surface area contributed by atoms with E-state index in [0.29, 0.717) is 17.7 Å². The highest BCUT2D eigenvalue weighted by Crippen LogP contribution is 2.33. The first-order valence-electron chi connectivity index (χ1n) is 7.92. The van der Waals surface area contributed by atoms with Gasteiger partial charge in [-0.15, -0.1) is 0 Å². The van der Waals surface area contributed by atoms with Gasteiger partial charge in [0.2, 0.25) is 5.91 Å². The topological polar surface area (TPSA) is 33.2 Å². The van der Waals surface area contributed by atoms with Crippen LogP contribution in [0.5, 0.6) is 0 Å². The molecule has 0 bridgehead atoms. The van der Waals surface area contributed by atoms with Gasteiger partial charge in [0.15, 0.2) is 0 Å². The number of aromatic nitrogens is 1. The van der Waals surface area contributed by atoms with E-state index < -0.39 is 0 Å². The van der Waals surface area contributed by atoms with Gasteiger partial charge in [-0.1, -0.05) is 18.2 Å². The van der Waals surface area contributed by atoms with Gasteiger partial charge in [-0.25, -0.2) is 0 Å². The van der Waals surface area contributed by atoms with Gasteiger partial charge in [0.1, 0.15) is 0 Å². The molecule has 0 N–H and O–H groups in total. The summed E-state index contributed by atoms with van der Waals surface area (Å²) in [6.07, 6.45) is 6.30. The Balaban J connectivity index is 1.49. The predicted octanol–water partition coefficient (Wildman–Crippen LogP) is 3.04. The number of amides is 1. The lowest BCUT2D eigenvalue weighted by atomic mass is 9.96. The van der Waals surface area contributed by atoms with E-state index in [0.717, 1.165) is 44.3 Å². The Labute approximate surface area is 125 Å². The molecule has 0 radical (unpaired) electrons. The van der Waals surface area contributed by atoms with Crippen molar-refractivity contribution >= 4 is 16.8 Å². The number of likely N-dealkylation sites (tertiary alicyclic amines) is 1. The van der Waals surface area contributed by atoms with Crippen LogP contribution in [-0.2, 0) is 11.2 Å². The summed E-state index contributed by atoms with van der Waals surface area (Å²) >= 11 is 0. The molecule has 2 heterocycles. The Morgan fingerprint density at radius 3 is 2.90 bits per heavy atom. The predicted molar refractivity (Wildman–Crippen MR) is 82.9 cm³/mol. The summed E-state index contributed by atoms with van der Waals surface area (Å²) in [5.41, 5.74) is 2.44. The van der Waals surface area contributed by atoms with E-state index in [2.05, 4.69) is 34.1 Å². The quantitative estimate of drug-likeness (QED) is 0.866. The van der Waals surface area contributed by atoms with E-state index in [4.69, 9.17) is 0 Å². The van der Waals surface area contributed by atoms with Crippen LogP contribution in [0.25, 0.3) is 10.9 Å². The highest BCUT2D eigenvalue weighted by atomic mass is 16.2. The summed E-state index contributed by atoms with van der Waals surface area (Å²) in [5.74, 6) is 1.35. The summed E-state index contributed by atoms with van der Waals surface area (Å²) in [7, 11) is 0. The first-order valence-corrected chi connectivity index (χ1v) is 7.92. The van der Waals surface area contributed by atoms with E-state index in [-0.39, 0.29) is 0 Å². The van der Waals surface area contributed by atoms with Crippen molar-refractivity contribution in [3.63, 3.8) is 0 Å². The summed E-state index contributed by atoms with van der Waals surface area (Å²) in [5, 5.41) is 1.26. The van der Waals surface area contributed by atoms with Gasteiger partial charge >= 0.3 is 0 Å². The molecule has 3 nitrogen and oxygen atoms in total. The molecule has 2 aliphatic rings. The second-order valence-corrected chi connectivity index (χ2v) is 6.40. The molecule has 1 aromatic carbocycles. The zero-order valence-corrected chi connectivity index (χ0v) is 12.2. The molecule has 1 atom stereocenters. The first kappa shape index (κ1) is 12.8. The fraction of sp³-hybridized carbons (Fsp3) is 0.444. The fourth-order valence-corrected chi connectivity index (χ4v) is 3.43. The second-order valence-electron chi connectivity index (χ2n) is 6.40. The molecule has 0 spiro atoms. The number of hydrogen-bond acceptors (Lipinski definition) is 2. The van der Waals surface area contributed by atoms with Gasteiger partial charge in [0.25, 0.3) is 0 Å². The molecular weight excluding hydrogens is 260 g/mol. The Morgan fingerprint density at radius 1 is 1.19 bits per heavy atom. The molecule has 3 heteroatoms. The SMILES string of the molecule is O=C(C1CC1)N1CCC(Cc2ccnc3ccccc23)C1. The average Bonchev–Trinajstić information content (AvgIpc) is 3.27. The van der Waals surface area contributed by atoms with Crippen molar-refractivity contribution in [2.24, 2.45) is 11.8 Å². The van der Waals surface area contributed by atoms with Gasteiger partial charge in [0, 0.05) is 30.6 Å². The molecule has 21 heavy (non-hydrogen) atoms. The number of benzene rings is 1. The first-order chi connectivity index (χ1) is 10.3. The number of carbonyl (C=O) groups excluding carboxylic acids is 1. The molecule has 2 fully saturated rings. The molecular formula is C18H20N2O. The molecule has 1 aliphatic carbocycles. The Kier molecular flexibility index (Phi) is 3.13. The van der Waals surface area contributed by atoms with Crippen molar-refractivity contribution < 1.29 is 4.79 Å². The van der Waals surface area contributed by atoms with E-state index in [1.54, 1.807) is 0 Å². The maximum absolute atomic E-state index is 12.1. The van der Waals surface area contributed by atoms with Gasteiger partial charge in [-0.2, -0.15) is 0 Å². The smallest absolute Gasteiger partial charge is 0.225 e.